The van der Waals surface area contributed by atoms with Gasteiger partial charge < -0.3 is 14.6 Å². The van der Waals surface area contributed by atoms with Crippen LogP contribution in [0.3, 0.4) is 0 Å². The van der Waals surface area contributed by atoms with Gasteiger partial charge in [0.05, 0.1) is 0 Å². The third-order valence-electron chi connectivity index (χ3n) is 3.96. The lowest BCUT2D eigenvalue weighted by molar-refractivity contribution is -0.143. The number of amides is 1. The first-order chi connectivity index (χ1) is 9.70. The standard InChI is InChI=1S/C16H20N2O2/c1-3-20-11(2)16(19)18-9-8-15-13(10-18)12-6-4-5-7-14(12)17-15/h4-7,11,17H,3,8-10H2,1-2H3/t11-/m1/s1. The number of carbonyl (C=O) groups excluding carboxylic acids is 1. The van der Waals surface area contributed by atoms with Gasteiger partial charge in [-0.25, -0.2) is 0 Å². The summed E-state index contributed by atoms with van der Waals surface area (Å²) in [6, 6.07) is 8.28. The van der Waals surface area contributed by atoms with Crippen molar-refractivity contribution in [1.29, 1.82) is 0 Å². The third-order valence-corrected chi connectivity index (χ3v) is 3.96. The van der Waals surface area contributed by atoms with E-state index in [0.717, 1.165) is 18.5 Å². The summed E-state index contributed by atoms with van der Waals surface area (Å²) < 4.78 is 5.41. The molecule has 1 aliphatic rings. The van der Waals surface area contributed by atoms with E-state index < -0.39 is 0 Å². The van der Waals surface area contributed by atoms with Crippen LogP contribution < -0.4 is 0 Å². The van der Waals surface area contributed by atoms with Crippen molar-refractivity contribution >= 4 is 16.8 Å². The molecule has 2 aromatic rings. The maximum Gasteiger partial charge on any atom is 0.251 e. The normalized spacial score (nSPS) is 16.2. The van der Waals surface area contributed by atoms with Gasteiger partial charge in [-0.3, -0.25) is 4.79 Å². The molecule has 1 aromatic carbocycles. The van der Waals surface area contributed by atoms with Crippen molar-refractivity contribution < 1.29 is 9.53 Å². The number of nitrogens with one attached hydrogen (secondary N) is 1. The number of benzene rings is 1. The van der Waals surface area contributed by atoms with Gasteiger partial charge in [0, 0.05) is 48.3 Å². The highest BCUT2D eigenvalue weighted by Gasteiger charge is 2.26. The fourth-order valence-electron chi connectivity index (χ4n) is 2.93. The summed E-state index contributed by atoms with van der Waals surface area (Å²) in [5.74, 6) is 0.0859. The minimum atomic E-state index is -0.355. The van der Waals surface area contributed by atoms with Crippen LogP contribution in [0.25, 0.3) is 10.9 Å². The maximum atomic E-state index is 12.3. The van der Waals surface area contributed by atoms with Gasteiger partial charge in [-0.2, -0.15) is 0 Å². The Labute approximate surface area is 118 Å². The number of rotatable bonds is 3. The average Bonchev–Trinajstić information content (AvgIpc) is 2.84. The Bertz CT molecular complexity index is 632. The van der Waals surface area contributed by atoms with Crippen LogP contribution in [0.5, 0.6) is 0 Å². The average molecular weight is 272 g/mol. The second-order valence-corrected chi connectivity index (χ2v) is 5.24. The topological polar surface area (TPSA) is 45.3 Å². The van der Waals surface area contributed by atoms with Gasteiger partial charge in [-0.1, -0.05) is 18.2 Å². The fraction of sp³-hybridized carbons (Fsp3) is 0.438. The molecule has 106 valence electrons. The highest BCUT2D eigenvalue weighted by Crippen LogP contribution is 2.27. The number of para-hydroxylation sites is 1. The monoisotopic (exact) mass is 272 g/mol. The Morgan fingerprint density at radius 3 is 3.05 bits per heavy atom. The molecule has 1 aliphatic heterocycles. The zero-order valence-electron chi connectivity index (χ0n) is 12.0. The Morgan fingerprint density at radius 2 is 2.25 bits per heavy atom. The second-order valence-electron chi connectivity index (χ2n) is 5.24. The van der Waals surface area contributed by atoms with Gasteiger partial charge in [0.25, 0.3) is 5.91 Å². The Morgan fingerprint density at radius 1 is 1.45 bits per heavy atom. The van der Waals surface area contributed by atoms with Crippen LogP contribution in [0.4, 0.5) is 0 Å². The van der Waals surface area contributed by atoms with E-state index in [1.54, 1.807) is 0 Å². The number of fused-ring (bicyclic) bond motifs is 3. The molecule has 1 atom stereocenters. The summed E-state index contributed by atoms with van der Waals surface area (Å²) in [6.45, 7) is 5.75. The molecular weight excluding hydrogens is 252 g/mol. The Balaban J connectivity index is 1.86. The van der Waals surface area contributed by atoms with Crippen LogP contribution in [0.15, 0.2) is 24.3 Å². The van der Waals surface area contributed by atoms with Crippen molar-refractivity contribution in [2.75, 3.05) is 13.2 Å². The molecule has 1 N–H and O–H groups in total. The lowest BCUT2D eigenvalue weighted by Gasteiger charge is -2.29. The summed E-state index contributed by atoms with van der Waals surface area (Å²) in [7, 11) is 0. The molecule has 20 heavy (non-hydrogen) atoms. The number of ether oxygens (including phenoxy) is 1. The zero-order valence-corrected chi connectivity index (χ0v) is 12.0. The molecular formula is C16H20N2O2. The maximum absolute atomic E-state index is 12.3. The van der Waals surface area contributed by atoms with Crippen LogP contribution in [-0.2, 0) is 22.5 Å². The van der Waals surface area contributed by atoms with Crippen molar-refractivity contribution in [3.63, 3.8) is 0 Å². The molecule has 0 fully saturated rings. The molecule has 0 aliphatic carbocycles. The molecule has 0 saturated carbocycles. The number of nitrogens with zero attached hydrogens (tertiary/aromatic N) is 1. The molecule has 4 heteroatoms. The second kappa shape index (κ2) is 5.29. The summed E-state index contributed by atoms with van der Waals surface area (Å²) in [5.41, 5.74) is 3.67. The van der Waals surface area contributed by atoms with Gasteiger partial charge in [0.2, 0.25) is 0 Å². The molecule has 2 heterocycles. The molecule has 0 unspecified atom stereocenters. The van der Waals surface area contributed by atoms with E-state index in [2.05, 4.69) is 17.1 Å². The third kappa shape index (κ3) is 2.20. The molecule has 1 aromatic heterocycles. The number of hydrogen-bond acceptors (Lipinski definition) is 2. The minimum absolute atomic E-state index is 0.0859. The van der Waals surface area contributed by atoms with Crippen LogP contribution in [0.2, 0.25) is 0 Å². The van der Waals surface area contributed by atoms with Crippen molar-refractivity contribution in [1.82, 2.24) is 9.88 Å². The highest BCUT2D eigenvalue weighted by atomic mass is 16.5. The summed E-state index contributed by atoms with van der Waals surface area (Å²) >= 11 is 0. The smallest absolute Gasteiger partial charge is 0.251 e. The van der Waals surface area contributed by atoms with E-state index in [1.807, 2.05) is 30.9 Å². The fourth-order valence-corrected chi connectivity index (χ4v) is 2.93. The molecule has 1 amide bonds. The Hall–Kier alpha value is -1.81. The number of H-pyrrole nitrogens is 1. The number of carbonyl (C=O) groups is 1. The van der Waals surface area contributed by atoms with Gasteiger partial charge >= 0.3 is 0 Å². The van der Waals surface area contributed by atoms with Crippen molar-refractivity contribution in [2.45, 2.75) is 32.9 Å². The van der Waals surface area contributed by atoms with Gasteiger partial charge in [0.15, 0.2) is 0 Å². The molecule has 0 spiro atoms. The predicted molar refractivity (Wildman–Crippen MR) is 78.5 cm³/mol. The first kappa shape index (κ1) is 13.2. The molecule has 3 rings (SSSR count). The van der Waals surface area contributed by atoms with E-state index in [4.69, 9.17) is 4.74 Å². The summed E-state index contributed by atoms with van der Waals surface area (Å²) in [5, 5.41) is 1.23. The number of hydrogen-bond donors (Lipinski definition) is 1. The first-order valence-corrected chi connectivity index (χ1v) is 7.19. The number of aromatic amines is 1. The molecule has 0 saturated heterocycles. The van der Waals surface area contributed by atoms with Crippen LogP contribution in [-0.4, -0.2) is 35.0 Å². The minimum Gasteiger partial charge on any atom is -0.369 e. The van der Waals surface area contributed by atoms with Gasteiger partial charge in [0.1, 0.15) is 6.10 Å². The lowest BCUT2D eigenvalue weighted by atomic mass is 10.0. The quantitative estimate of drug-likeness (QED) is 0.933. The van der Waals surface area contributed by atoms with E-state index in [1.165, 1.54) is 16.6 Å². The molecule has 0 bridgehead atoms. The first-order valence-electron chi connectivity index (χ1n) is 7.19. The SMILES string of the molecule is CCO[C@H](C)C(=O)N1CCc2[nH]c3ccccc3c2C1. The largest absolute Gasteiger partial charge is 0.369 e. The van der Waals surface area contributed by atoms with Crippen LogP contribution in [0.1, 0.15) is 25.1 Å². The number of aromatic nitrogens is 1. The Kier molecular flexibility index (Phi) is 3.49. The highest BCUT2D eigenvalue weighted by molar-refractivity contribution is 5.86. The summed E-state index contributed by atoms with van der Waals surface area (Å²) in [4.78, 5) is 17.7. The zero-order chi connectivity index (χ0) is 14.1. The van der Waals surface area contributed by atoms with Gasteiger partial charge in [-0.15, -0.1) is 0 Å². The van der Waals surface area contributed by atoms with E-state index in [-0.39, 0.29) is 12.0 Å². The van der Waals surface area contributed by atoms with Crippen molar-refractivity contribution in [3.05, 3.63) is 35.5 Å². The summed E-state index contributed by atoms with van der Waals surface area (Å²) in [6.07, 6.45) is 0.529. The van der Waals surface area contributed by atoms with Gasteiger partial charge in [-0.05, 0) is 19.9 Å². The van der Waals surface area contributed by atoms with E-state index in [9.17, 15) is 4.79 Å². The van der Waals surface area contributed by atoms with E-state index in [0.29, 0.717) is 13.2 Å². The van der Waals surface area contributed by atoms with Crippen molar-refractivity contribution in [3.8, 4) is 0 Å². The predicted octanol–water partition coefficient (Wildman–Crippen LogP) is 2.48. The van der Waals surface area contributed by atoms with Crippen LogP contribution >= 0.6 is 0 Å². The molecule has 4 nitrogen and oxygen atoms in total. The van der Waals surface area contributed by atoms with E-state index >= 15 is 0 Å². The molecule has 0 radical (unpaired) electrons. The lowest BCUT2D eigenvalue weighted by Crippen LogP contribution is -2.42. The van der Waals surface area contributed by atoms with Crippen LogP contribution in [0, 0.1) is 0 Å². The van der Waals surface area contributed by atoms with Crippen molar-refractivity contribution in [2.24, 2.45) is 0 Å².